The van der Waals surface area contributed by atoms with Crippen LogP contribution in [-0.4, -0.2) is 10.9 Å². The summed E-state index contributed by atoms with van der Waals surface area (Å²) in [6.45, 7) is 0. The number of aryl methyl sites for hydroxylation is 2. The summed E-state index contributed by atoms with van der Waals surface area (Å²) in [5.74, 6) is -0.203. The fraction of sp³-hybridized carbons (Fsp3) is 0.200. The molecule has 1 aliphatic carbocycles. The van der Waals surface area contributed by atoms with Crippen molar-refractivity contribution in [1.29, 1.82) is 0 Å². The van der Waals surface area contributed by atoms with Crippen molar-refractivity contribution in [3.8, 4) is 0 Å². The molecular weight excluding hydrogens is 260 g/mol. The normalized spacial score (nSPS) is 13.1. The van der Waals surface area contributed by atoms with Gasteiger partial charge in [-0.05, 0) is 48.6 Å². The smallest absolute Gasteiger partial charge is 0.257 e. The molecule has 1 N–H and O–H groups in total. The van der Waals surface area contributed by atoms with Crippen molar-refractivity contribution in [2.24, 2.45) is 0 Å². The summed E-state index contributed by atoms with van der Waals surface area (Å²) in [5, 5.41) is 3.24. The molecule has 0 radical (unpaired) electrons. The van der Waals surface area contributed by atoms with E-state index >= 15 is 0 Å². The van der Waals surface area contributed by atoms with Gasteiger partial charge in [-0.25, -0.2) is 0 Å². The van der Waals surface area contributed by atoms with Crippen LogP contribution >= 0.6 is 11.6 Å². The van der Waals surface area contributed by atoms with Crippen LogP contribution in [0.25, 0.3) is 0 Å². The molecule has 0 saturated heterocycles. The van der Waals surface area contributed by atoms with E-state index in [1.54, 1.807) is 12.3 Å². The zero-order chi connectivity index (χ0) is 13.2. The van der Waals surface area contributed by atoms with E-state index in [1.807, 2.05) is 6.07 Å². The molecular formula is C15H13ClN2O. The average Bonchev–Trinajstić information content (AvgIpc) is 2.86. The van der Waals surface area contributed by atoms with Crippen LogP contribution in [0.5, 0.6) is 0 Å². The van der Waals surface area contributed by atoms with Crippen molar-refractivity contribution in [2.45, 2.75) is 19.3 Å². The lowest BCUT2D eigenvalue weighted by Crippen LogP contribution is -2.12. The maximum Gasteiger partial charge on any atom is 0.257 e. The maximum absolute atomic E-state index is 12.1. The Kier molecular flexibility index (Phi) is 3.22. The first kappa shape index (κ1) is 12.2. The molecule has 3 nitrogen and oxygen atoms in total. The molecule has 2 aromatic rings. The number of hydrogen-bond acceptors (Lipinski definition) is 2. The second kappa shape index (κ2) is 5.02. The van der Waals surface area contributed by atoms with Crippen LogP contribution < -0.4 is 5.32 Å². The van der Waals surface area contributed by atoms with Crippen LogP contribution in [0.1, 0.15) is 27.9 Å². The largest absolute Gasteiger partial charge is 0.322 e. The fourth-order valence-corrected chi connectivity index (χ4v) is 2.61. The van der Waals surface area contributed by atoms with Gasteiger partial charge in [-0.3, -0.25) is 9.78 Å². The summed E-state index contributed by atoms with van der Waals surface area (Å²) in [6.07, 6.45) is 6.46. The number of carbonyl (C=O) groups is 1. The van der Waals surface area contributed by atoms with Gasteiger partial charge in [-0.2, -0.15) is 0 Å². The van der Waals surface area contributed by atoms with Gasteiger partial charge in [0.1, 0.15) is 0 Å². The zero-order valence-electron chi connectivity index (χ0n) is 10.3. The van der Waals surface area contributed by atoms with Crippen molar-refractivity contribution < 1.29 is 4.79 Å². The van der Waals surface area contributed by atoms with Crippen LogP contribution in [0, 0.1) is 0 Å². The number of fused-ring (bicyclic) bond motifs is 1. The van der Waals surface area contributed by atoms with Gasteiger partial charge >= 0.3 is 0 Å². The highest BCUT2D eigenvalue weighted by Crippen LogP contribution is 2.25. The molecule has 4 heteroatoms. The Balaban J connectivity index is 1.82. The number of carbonyl (C=O) groups excluding carboxylic acids is 1. The Morgan fingerprint density at radius 2 is 2.05 bits per heavy atom. The lowest BCUT2D eigenvalue weighted by molar-refractivity contribution is 0.102. The molecule has 1 amide bonds. The standard InChI is InChI=1S/C15H13ClN2O/c16-14-9-17-7-6-13(14)15(19)18-12-5-4-10-2-1-3-11(10)8-12/h4-9H,1-3H2,(H,18,19). The molecule has 96 valence electrons. The van der Waals surface area contributed by atoms with Gasteiger partial charge in [0.05, 0.1) is 10.6 Å². The Morgan fingerprint density at radius 1 is 1.21 bits per heavy atom. The first-order valence-corrected chi connectivity index (χ1v) is 6.64. The van der Waals surface area contributed by atoms with Crippen molar-refractivity contribution in [1.82, 2.24) is 4.98 Å². The third-order valence-electron chi connectivity index (χ3n) is 3.37. The summed E-state index contributed by atoms with van der Waals surface area (Å²) in [4.78, 5) is 16.0. The van der Waals surface area contributed by atoms with E-state index in [-0.39, 0.29) is 5.91 Å². The molecule has 0 bridgehead atoms. The third-order valence-corrected chi connectivity index (χ3v) is 3.67. The second-order valence-corrected chi connectivity index (χ2v) is 5.05. The van der Waals surface area contributed by atoms with Crippen molar-refractivity contribution in [2.75, 3.05) is 5.32 Å². The van der Waals surface area contributed by atoms with E-state index in [1.165, 1.54) is 23.7 Å². The van der Waals surface area contributed by atoms with Gasteiger partial charge in [-0.1, -0.05) is 17.7 Å². The van der Waals surface area contributed by atoms with Gasteiger partial charge in [0.15, 0.2) is 0 Å². The highest BCUT2D eigenvalue weighted by Gasteiger charge is 2.13. The SMILES string of the molecule is O=C(Nc1ccc2c(c1)CCC2)c1ccncc1Cl. The molecule has 0 fully saturated rings. The molecule has 0 atom stereocenters. The van der Waals surface area contributed by atoms with Crippen LogP contribution in [0.2, 0.25) is 5.02 Å². The fourth-order valence-electron chi connectivity index (χ4n) is 2.41. The molecule has 0 unspecified atom stereocenters. The minimum atomic E-state index is -0.203. The van der Waals surface area contributed by atoms with Crippen LogP contribution in [-0.2, 0) is 12.8 Å². The second-order valence-electron chi connectivity index (χ2n) is 4.65. The Bertz CT molecular complexity index is 640. The summed E-state index contributed by atoms with van der Waals surface area (Å²) < 4.78 is 0. The molecule has 3 rings (SSSR count). The number of rotatable bonds is 2. The minimum Gasteiger partial charge on any atom is -0.322 e. The highest BCUT2D eigenvalue weighted by molar-refractivity contribution is 6.34. The number of amides is 1. The topological polar surface area (TPSA) is 42.0 Å². The Labute approximate surface area is 116 Å². The highest BCUT2D eigenvalue weighted by atomic mass is 35.5. The van der Waals surface area contributed by atoms with E-state index in [9.17, 15) is 4.79 Å². The first-order chi connectivity index (χ1) is 9.24. The number of nitrogens with zero attached hydrogens (tertiary/aromatic N) is 1. The predicted octanol–water partition coefficient (Wildman–Crippen LogP) is 3.48. The van der Waals surface area contributed by atoms with E-state index in [0.717, 1.165) is 18.5 Å². The number of pyridine rings is 1. The quantitative estimate of drug-likeness (QED) is 0.909. The number of benzene rings is 1. The summed E-state index contributed by atoms with van der Waals surface area (Å²) in [6, 6.07) is 7.70. The molecule has 1 aliphatic rings. The number of halogens is 1. The third kappa shape index (κ3) is 2.47. The van der Waals surface area contributed by atoms with Gasteiger partial charge in [-0.15, -0.1) is 0 Å². The summed E-state index contributed by atoms with van der Waals surface area (Å²) in [7, 11) is 0. The molecule has 0 aliphatic heterocycles. The molecule has 1 aromatic carbocycles. The summed E-state index contributed by atoms with van der Waals surface area (Å²) >= 11 is 5.96. The van der Waals surface area contributed by atoms with Crippen molar-refractivity contribution in [3.05, 3.63) is 58.4 Å². The lowest BCUT2D eigenvalue weighted by atomic mass is 10.1. The van der Waals surface area contributed by atoms with Crippen molar-refractivity contribution >= 4 is 23.2 Å². The molecule has 0 spiro atoms. The lowest BCUT2D eigenvalue weighted by Gasteiger charge is -2.08. The predicted molar refractivity (Wildman–Crippen MR) is 75.7 cm³/mol. The van der Waals surface area contributed by atoms with Crippen molar-refractivity contribution in [3.63, 3.8) is 0 Å². The van der Waals surface area contributed by atoms with E-state index in [0.29, 0.717) is 10.6 Å². The number of anilines is 1. The van der Waals surface area contributed by atoms with E-state index < -0.39 is 0 Å². The maximum atomic E-state index is 12.1. The van der Waals surface area contributed by atoms with Gasteiger partial charge in [0.2, 0.25) is 0 Å². The first-order valence-electron chi connectivity index (χ1n) is 6.27. The van der Waals surface area contributed by atoms with Crippen LogP contribution in [0.4, 0.5) is 5.69 Å². The van der Waals surface area contributed by atoms with Gasteiger partial charge in [0, 0.05) is 18.1 Å². The molecule has 19 heavy (non-hydrogen) atoms. The molecule has 1 aromatic heterocycles. The van der Waals surface area contributed by atoms with Gasteiger partial charge in [0.25, 0.3) is 5.91 Å². The molecule has 0 saturated carbocycles. The van der Waals surface area contributed by atoms with Crippen LogP contribution in [0.3, 0.4) is 0 Å². The van der Waals surface area contributed by atoms with E-state index in [2.05, 4.69) is 22.4 Å². The van der Waals surface area contributed by atoms with E-state index in [4.69, 9.17) is 11.6 Å². The number of aromatic nitrogens is 1. The monoisotopic (exact) mass is 272 g/mol. The number of hydrogen-bond donors (Lipinski definition) is 1. The average molecular weight is 273 g/mol. The summed E-state index contributed by atoms with van der Waals surface area (Å²) in [5.41, 5.74) is 3.98. The Morgan fingerprint density at radius 3 is 2.89 bits per heavy atom. The molecule has 1 heterocycles. The zero-order valence-corrected chi connectivity index (χ0v) is 11.1. The van der Waals surface area contributed by atoms with Crippen LogP contribution in [0.15, 0.2) is 36.7 Å². The number of nitrogens with one attached hydrogen (secondary N) is 1. The minimum absolute atomic E-state index is 0.203. The van der Waals surface area contributed by atoms with Gasteiger partial charge < -0.3 is 5.32 Å². The Hall–Kier alpha value is -1.87.